The van der Waals surface area contributed by atoms with Crippen LogP contribution in [0.4, 0.5) is 0 Å². The van der Waals surface area contributed by atoms with Gasteiger partial charge in [0, 0.05) is 38.3 Å². The average molecular weight is 354 g/mol. The van der Waals surface area contributed by atoms with Crippen LogP contribution in [0.2, 0.25) is 0 Å². The second-order valence-electron chi connectivity index (χ2n) is 5.87. The van der Waals surface area contributed by atoms with Gasteiger partial charge in [0.25, 0.3) is 17.4 Å². The standard InChI is InChI=1S/C18H18N4O4/c23-15(20-9-11-21-12-19-8-7-16(21)24)6-3-10-22-17(25)13-4-1-2-5-14(13)18(22)26/h1-2,4-5,7-8,12H,3,6,9-11H2,(H,20,23). The number of imide groups is 1. The molecule has 1 aromatic carbocycles. The number of benzene rings is 1. The van der Waals surface area contributed by atoms with Gasteiger partial charge in [0.1, 0.15) is 0 Å². The van der Waals surface area contributed by atoms with Crippen molar-refractivity contribution in [3.8, 4) is 0 Å². The molecule has 0 spiro atoms. The van der Waals surface area contributed by atoms with E-state index >= 15 is 0 Å². The maximum absolute atomic E-state index is 12.2. The molecule has 134 valence electrons. The lowest BCUT2D eigenvalue weighted by atomic mass is 10.1. The Morgan fingerprint density at radius 2 is 1.69 bits per heavy atom. The molecule has 0 saturated heterocycles. The molecule has 0 fully saturated rings. The molecule has 3 rings (SSSR count). The van der Waals surface area contributed by atoms with Crippen molar-refractivity contribution in [2.45, 2.75) is 19.4 Å². The Bertz CT molecular complexity index is 871. The maximum atomic E-state index is 12.2. The van der Waals surface area contributed by atoms with E-state index in [0.717, 1.165) is 0 Å². The van der Waals surface area contributed by atoms with Crippen LogP contribution in [-0.2, 0) is 11.3 Å². The van der Waals surface area contributed by atoms with Crippen LogP contribution in [-0.4, -0.2) is 45.3 Å². The Hall–Kier alpha value is -3.29. The van der Waals surface area contributed by atoms with E-state index in [-0.39, 0.29) is 36.2 Å². The fraction of sp³-hybridized carbons (Fsp3) is 0.278. The number of rotatable bonds is 7. The van der Waals surface area contributed by atoms with Crippen molar-refractivity contribution in [1.29, 1.82) is 0 Å². The van der Waals surface area contributed by atoms with Crippen molar-refractivity contribution in [2.24, 2.45) is 0 Å². The third kappa shape index (κ3) is 3.69. The number of aromatic nitrogens is 2. The zero-order chi connectivity index (χ0) is 18.5. The first-order valence-electron chi connectivity index (χ1n) is 8.30. The Morgan fingerprint density at radius 3 is 2.35 bits per heavy atom. The minimum Gasteiger partial charge on any atom is -0.354 e. The molecule has 1 aliphatic rings. The van der Waals surface area contributed by atoms with Crippen molar-refractivity contribution < 1.29 is 14.4 Å². The molecule has 1 N–H and O–H groups in total. The van der Waals surface area contributed by atoms with Gasteiger partial charge in [-0.15, -0.1) is 0 Å². The number of hydrogen-bond acceptors (Lipinski definition) is 5. The van der Waals surface area contributed by atoms with E-state index < -0.39 is 0 Å². The molecule has 0 saturated carbocycles. The molecule has 0 bridgehead atoms. The molecular formula is C18H18N4O4. The predicted octanol–water partition coefficient (Wildman–Crippen LogP) is 0.436. The lowest BCUT2D eigenvalue weighted by Gasteiger charge is -2.13. The molecule has 1 aliphatic heterocycles. The molecule has 1 aromatic heterocycles. The number of carbonyl (C=O) groups is 3. The van der Waals surface area contributed by atoms with E-state index in [2.05, 4.69) is 10.3 Å². The first kappa shape index (κ1) is 17.5. The van der Waals surface area contributed by atoms with Crippen molar-refractivity contribution in [3.63, 3.8) is 0 Å². The number of fused-ring (bicyclic) bond motifs is 1. The molecule has 2 aromatic rings. The molecule has 26 heavy (non-hydrogen) atoms. The number of nitrogens with one attached hydrogen (secondary N) is 1. The smallest absolute Gasteiger partial charge is 0.261 e. The fourth-order valence-corrected chi connectivity index (χ4v) is 2.79. The van der Waals surface area contributed by atoms with Gasteiger partial charge in [-0.1, -0.05) is 12.1 Å². The topological polar surface area (TPSA) is 101 Å². The Labute approximate surface area is 149 Å². The van der Waals surface area contributed by atoms with E-state index in [1.165, 1.54) is 28.1 Å². The second kappa shape index (κ2) is 7.73. The number of nitrogens with zero attached hydrogens (tertiary/aromatic N) is 3. The van der Waals surface area contributed by atoms with Crippen LogP contribution in [0.25, 0.3) is 0 Å². The summed E-state index contributed by atoms with van der Waals surface area (Å²) in [7, 11) is 0. The Kier molecular flexibility index (Phi) is 5.21. The zero-order valence-electron chi connectivity index (χ0n) is 14.1. The van der Waals surface area contributed by atoms with Crippen molar-refractivity contribution >= 4 is 17.7 Å². The molecule has 0 aliphatic carbocycles. The zero-order valence-corrected chi connectivity index (χ0v) is 14.1. The van der Waals surface area contributed by atoms with Crippen LogP contribution in [0.5, 0.6) is 0 Å². The van der Waals surface area contributed by atoms with Crippen LogP contribution < -0.4 is 10.9 Å². The Morgan fingerprint density at radius 1 is 1.00 bits per heavy atom. The summed E-state index contributed by atoms with van der Waals surface area (Å²) < 4.78 is 1.40. The van der Waals surface area contributed by atoms with Crippen LogP contribution in [0.1, 0.15) is 33.6 Å². The van der Waals surface area contributed by atoms with Crippen LogP contribution in [0, 0.1) is 0 Å². The summed E-state index contributed by atoms with van der Waals surface area (Å²) in [6.07, 6.45) is 3.40. The SMILES string of the molecule is O=C(CCCN1C(=O)c2ccccc2C1=O)NCCn1cnccc1=O. The summed E-state index contributed by atoms with van der Waals surface area (Å²) in [5.41, 5.74) is 0.632. The predicted molar refractivity (Wildman–Crippen MR) is 92.5 cm³/mol. The number of amides is 3. The van der Waals surface area contributed by atoms with E-state index in [0.29, 0.717) is 30.6 Å². The maximum Gasteiger partial charge on any atom is 0.261 e. The van der Waals surface area contributed by atoms with Gasteiger partial charge >= 0.3 is 0 Å². The minimum atomic E-state index is -0.318. The van der Waals surface area contributed by atoms with E-state index in [9.17, 15) is 19.2 Å². The molecule has 8 nitrogen and oxygen atoms in total. The lowest BCUT2D eigenvalue weighted by Crippen LogP contribution is -2.33. The summed E-state index contributed by atoms with van der Waals surface area (Å²) in [6, 6.07) is 8.04. The first-order valence-corrected chi connectivity index (χ1v) is 8.30. The van der Waals surface area contributed by atoms with E-state index in [1.807, 2.05) is 0 Å². The molecule has 0 atom stereocenters. The molecule has 3 amide bonds. The molecule has 8 heteroatoms. The van der Waals surface area contributed by atoms with E-state index in [1.54, 1.807) is 24.3 Å². The first-order chi connectivity index (χ1) is 12.6. The second-order valence-corrected chi connectivity index (χ2v) is 5.87. The average Bonchev–Trinajstić information content (AvgIpc) is 2.88. The van der Waals surface area contributed by atoms with E-state index in [4.69, 9.17) is 0 Å². The third-order valence-electron chi connectivity index (χ3n) is 4.13. The van der Waals surface area contributed by atoms with Crippen molar-refractivity contribution in [2.75, 3.05) is 13.1 Å². The minimum absolute atomic E-state index is 0.181. The summed E-state index contributed by atoms with van der Waals surface area (Å²) >= 11 is 0. The largest absolute Gasteiger partial charge is 0.354 e. The number of hydrogen-bond donors (Lipinski definition) is 1. The normalized spacial score (nSPS) is 13.0. The van der Waals surface area contributed by atoms with Crippen molar-refractivity contribution in [3.05, 3.63) is 64.3 Å². The quantitative estimate of drug-likeness (QED) is 0.727. The lowest BCUT2D eigenvalue weighted by molar-refractivity contribution is -0.121. The van der Waals surface area contributed by atoms with Crippen molar-refractivity contribution in [1.82, 2.24) is 19.8 Å². The van der Waals surface area contributed by atoms with Gasteiger partial charge in [-0.2, -0.15) is 0 Å². The molecular weight excluding hydrogens is 336 g/mol. The summed E-state index contributed by atoms with van der Waals surface area (Å²) in [6.45, 7) is 0.829. The Balaban J connectivity index is 1.42. The fourth-order valence-electron chi connectivity index (χ4n) is 2.79. The van der Waals surface area contributed by atoms with Gasteiger partial charge in [-0.3, -0.25) is 28.6 Å². The molecule has 2 heterocycles. The summed E-state index contributed by atoms with van der Waals surface area (Å²) in [5, 5.41) is 2.71. The number of carbonyl (C=O) groups excluding carboxylic acids is 3. The van der Waals surface area contributed by atoms with Gasteiger partial charge in [0.05, 0.1) is 17.5 Å². The third-order valence-corrected chi connectivity index (χ3v) is 4.13. The highest BCUT2D eigenvalue weighted by molar-refractivity contribution is 6.21. The van der Waals surface area contributed by atoms with Gasteiger partial charge in [-0.05, 0) is 18.6 Å². The highest BCUT2D eigenvalue weighted by Crippen LogP contribution is 2.22. The van der Waals surface area contributed by atoms with Gasteiger partial charge in [0.15, 0.2) is 0 Å². The van der Waals surface area contributed by atoms with Crippen LogP contribution >= 0.6 is 0 Å². The van der Waals surface area contributed by atoms with Crippen LogP contribution in [0.15, 0.2) is 47.7 Å². The van der Waals surface area contributed by atoms with Gasteiger partial charge in [0.2, 0.25) is 5.91 Å². The molecule has 0 unspecified atom stereocenters. The highest BCUT2D eigenvalue weighted by atomic mass is 16.2. The van der Waals surface area contributed by atoms with Gasteiger partial charge in [-0.25, -0.2) is 4.98 Å². The van der Waals surface area contributed by atoms with Crippen LogP contribution in [0.3, 0.4) is 0 Å². The molecule has 0 radical (unpaired) electrons. The summed E-state index contributed by atoms with van der Waals surface area (Å²) in [4.78, 5) is 52.8. The summed E-state index contributed by atoms with van der Waals surface area (Å²) in [5.74, 6) is -0.831. The monoisotopic (exact) mass is 354 g/mol. The highest BCUT2D eigenvalue weighted by Gasteiger charge is 2.34. The van der Waals surface area contributed by atoms with Gasteiger partial charge < -0.3 is 5.32 Å².